The van der Waals surface area contributed by atoms with Crippen LogP contribution in [0.5, 0.6) is 5.75 Å². The van der Waals surface area contributed by atoms with Gasteiger partial charge in [0.2, 0.25) is 11.0 Å². The largest absolute Gasteiger partial charge is 0.497 e. The molecule has 0 saturated carbocycles. The maximum Gasteiger partial charge on any atom is 0.236 e. The van der Waals surface area contributed by atoms with E-state index in [1.54, 1.807) is 18.4 Å². The molecule has 0 aliphatic carbocycles. The second-order valence-electron chi connectivity index (χ2n) is 6.39. The molecule has 0 bridgehead atoms. The van der Waals surface area contributed by atoms with Crippen LogP contribution in [0.1, 0.15) is 10.7 Å². The number of hydrogen-bond donors (Lipinski definition) is 1. The molecule has 4 aromatic rings. The third-order valence-corrected chi connectivity index (χ3v) is 7.01. The molecule has 31 heavy (non-hydrogen) atoms. The molecule has 1 amide bonds. The van der Waals surface area contributed by atoms with Gasteiger partial charge < -0.3 is 4.74 Å². The molecule has 0 saturated heterocycles. The Bertz CT molecular complexity index is 1210. The van der Waals surface area contributed by atoms with Gasteiger partial charge in [0.15, 0.2) is 0 Å². The van der Waals surface area contributed by atoms with Gasteiger partial charge in [0.25, 0.3) is 0 Å². The zero-order chi connectivity index (χ0) is 21.8. The number of nitrogens with one attached hydrogen (secondary N) is 1. The van der Waals surface area contributed by atoms with E-state index in [2.05, 4.69) is 30.7 Å². The van der Waals surface area contributed by atoms with Crippen molar-refractivity contribution in [2.24, 2.45) is 0 Å². The van der Waals surface area contributed by atoms with Gasteiger partial charge in [0.1, 0.15) is 26.5 Å². The second-order valence-corrected chi connectivity index (χ2v) is 9.56. The number of rotatable bonds is 7. The van der Waals surface area contributed by atoms with Gasteiger partial charge in [-0.05, 0) is 38.1 Å². The molecule has 3 heterocycles. The molecule has 0 atom stereocenters. The van der Waals surface area contributed by atoms with Crippen molar-refractivity contribution >= 4 is 45.5 Å². The number of carbonyl (C=O) groups excluding carboxylic acids is 1. The molecule has 0 spiro atoms. The van der Waals surface area contributed by atoms with E-state index in [1.165, 1.54) is 23.1 Å². The van der Waals surface area contributed by atoms with Gasteiger partial charge in [0.05, 0.1) is 23.4 Å². The molecule has 0 aliphatic rings. The first-order chi connectivity index (χ1) is 15.0. The number of carbonyl (C=O) groups is 1. The number of benzene rings is 1. The molecular weight excluding hydrogens is 452 g/mol. The number of hydrogen-bond acceptors (Lipinski definition) is 10. The molecule has 158 valence electrons. The molecule has 0 unspecified atom stereocenters. The Labute approximate surface area is 191 Å². The average molecular weight is 471 g/mol. The summed E-state index contributed by atoms with van der Waals surface area (Å²) in [5, 5.41) is 21.9. The number of aryl methyl sites for hydroxylation is 2. The summed E-state index contributed by atoms with van der Waals surface area (Å²) in [6, 6.07) is 11.6. The van der Waals surface area contributed by atoms with Crippen LogP contribution in [0.4, 0.5) is 5.13 Å². The standard InChI is InChI=1S/C20H18N6O2S3/c1-11-18(31-19(21-11)13-5-4-6-14(9-13)28-3)15-7-8-17(25-24-15)29-10-16(27)22-20-26-23-12(2)30-20/h4-9H,10H2,1-3H3,(H,22,26,27). The summed E-state index contributed by atoms with van der Waals surface area (Å²) in [7, 11) is 1.65. The highest BCUT2D eigenvalue weighted by molar-refractivity contribution is 7.99. The van der Waals surface area contributed by atoms with Crippen LogP contribution < -0.4 is 10.1 Å². The van der Waals surface area contributed by atoms with Gasteiger partial charge in [-0.25, -0.2) is 4.98 Å². The highest BCUT2D eigenvalue weighted by Crippen LogP contribution is 2.35. The van der Waals surface area contributed by atoms with Crippen LogP contribution in [0.2, 0.25) is 0 Å². The number of thioether (sulfide) groups is 1. The summed E-state index contributed by atoms with van der Waals surface area (Å²) in [5.41, 5.74) is 2.64. The zero-order valence-corrected chi connectivity index (χ0v) is 19.4. The molecule has 1 aromatic carbocycles. The Morgan fingerprint density at radius 3 is 2.68 bits per heavy atom. The van der Waals surface area contributed by atoms with E-state index in [1.807, 2.05) is 50.2 Å². The highest BCUT2D eigenvalue weighted by atomic mass is 32.2. The molecule has 1 N–H and O–H groups in total. The Hall–Kier alpha value is -2.89. The quantitative estimate of drug-likeness (QED) is 0.395. The maximum atomic E-state index is 12.1. The van der Waals surface area contributed by atoms with Crippen LogP contribution in [0.25, 0.3) is 21.1 Å². The lowest BCUT2D eigenvalue weighted by atomic mass is 10.2. The first-order valence-electron chi connectivity index (χ1n) is 9.20. The van der Waals surface area contributed by atoms with Crippen molar-refractivity contribution in [3.05, 3.63) is 47.1 Å². The molecule has 0 fully saturated rings. The summed E-state index contributed by atoms with van der Waals surface area (Å²) < 4.78 is 5.30. The molecular formula is C20H18N6O2S3. The van der Waals surface area contributed by atoms with E-state index in [-0.39, 0.29) is 11.7 Å². The van der Waals surface area contributed by atoms with Crippen molar-refractivity contribution in [2.45, 2.75) is 18.9 Å². The molecule has 8 nitrogen and oxygen atoms in total. The normalized spacial score (nSPS) is 10.8. The monoisotopic (exact) mass is 470 g/mol. The summed E-state index contributed by atoms with van der Waals surface area (Å²) in [4.78, 5) is 17.7. The van der Waals surface area contributed by atoms with Gasteiger partial charge in [-0.15, -0.1) is 31.7 Å². The topological polar surface area (TPSA) is 103 Å². The van der Waals surface area contributed by atoms with Crippen LogP contribution in [-0.2, 0) is 4.79 Å². The number of anilines is 1. The fourth-order valence-electron chi connectivity index (χ4n) is 2.67. The van der Waals surface area contributed by atoms with E-state index in [4.69, 9.17) is 4.74 Å². The van der Waals surface area contributed by atoms with Crippen LogP contribution in [0, 0.1) is 13.8 Å². The smallest absolute Gasteiger partial charge is 0.236 e. The minimum atomic E-state index is -0.159. The van der Waals surface area contributed by atoms with Gasteiger partial charge in [-0.2, -0.15) is 0 Å². The van der Waals surface area contributed by atoms with Crippen molar-refractivity contribution in [3.8, 4) is 26.9 Å². The number of ether oxygens (including phenoxy) is 1. The third kappa shape index (κ3) is 5.24. The number of aromatic nitrogens is 5. The van der Waals surface area contributed by atoms with Crippen molar-refractivity contribution in [1.82, 2.24) is 25.4 Å². The third-order valence-electron chi connectivity index (χ3n) is 4.11. The van der Waals surface area contributed by atoms with E-state index >= 15 is 0 Å². The average Bonchev–Trinajstić information content (AvgIpc) is 3.38. The van der Waals surface area contributed by atoms with Gasteiger partial charge in [-0.3, -0.25) is 10.1 Å². The van der Waals surface area contributed by atoms with Gasteiger partial charge >= 0.3 is 0 Å². The predicted octanol–water partition coefficient (Wildman–Crippen LogP) is 4.47. The number of nitrogens with zero attached hydrogens (tertiary/aromatic N) is 5. The predicted molar refractivity (Wildman–Crippen MR) is 124 cm³/mol. The van der Waals surface area contributed by atoms with Crippen LogP contribution in [0.3, 0.4) is 0 Å². The van der Waals surface area contributed by atoms with Crippen molar-refractivity contribution < 1.29 is 9.53 Å². The van der Waals surface area contributed by atoms with E-state index in [0.29, 0.717) is 10.2 Å². The van der Waals surface area contributed by atoms with Crippen LogP contribution in [-0.4, -0.2) is 44.1 Å². The lowest BCUT2D eigenvalue weighted by Crippen LogP contribution is -2.14. The molecule has 4 rings (SSSR count). The lowest BCUT2D eigenvalue weighted by molar-refractivity contribution is -0.113. The fourth-order valence-corrected chi connectivity index (χ4v) is 4.92. The summed E-state index contributed by atoms with van der Waals surface area (Å²) in [6.07, 6.45) is 0. The van der Waals surface area contributed by atoms with Crippen LogP contribution in [0.15, 0.2) is 41.4 Å². The maximum absolute atomic E-state index is 12.1. The SMILES string of the molecule is COc1cccc(-c2nc(C)c(-c3ccc(SCC(=O)Nc4nnc(C)s4)nn3)s2)c1. The number of thiazole rings is 1. The summed E-state index contributed by atoms with van der Waals surface area (Å²) in [6.45, 7) is 3.79. The molecule has 0 radical (unpaired) electrons. The Kier molecular flexibility index (Phi) is 6.54. The van der Waals surface area contributed by atoms with Crippen LogP contribution >= 0.6 is 34.4 Å². The summed E-state index contributed by atoms with van der Waals surface area (Å²) >= 11 is 4.21. The zero-order valence-electron chi connectivity index (χ0n) is 16.9. The Morgan fingerprint density at radius 2 is 1.97 bits per heavy atom. The number of amides is 1. The molecule has 11 heteroatoms. The lowest BCUT2D eigenvalue weighted by Gasteiger charge is -2.02. The minimum absolute atomic E-state index is 0.159. The second kappa shape index (κ2) is 9.50. The summed E-state index contributed by atoms with van der Waals surface area (Å²) in [5.74, 6) is 0.846. The fraction of sp³-hybridized carbons (Fsp3) is 0.200. The van der Waals surface area contributed by atoms with E-state index in [9.17, 15) is 4.79 Å². The molecule has 3 aromatic heterocycles. The molecule has 0 aliphatic heterocycles. The van der Waals surface area contributed by atoms with E-state index < -0.39 is 0 Å². The first-order valence-corrected chi connectivity index (χ1v) is 11.8. The minimum Gasteiger partial charge on any atom is -0.497 e. The van der Waals surface area contributed by atoms with Crippen molar-refractivity contribution in [1.29, 1.82) is 0 Å². The van der Waals surface area contributed by atoms with E-state index in [0.717, 1.165) is 37.6 Å². The number of methoxy groups -OCH3 is 1. The Morgan fingerprint density at radius 1 is 1.10 bits per heavy atom. The highest BCUT2D eigenvalue weighted by Gasteiger charge is 2.14. The van der Waals surface area contributed by atoms with Crippen molar-refractivity contribution in [3.63, 3.8) is 0 Å². The first kappa shape index (κ1) is 21.3. The van der Waals surface area contributed by atoms with Crippen molar-refractivity contribution in [2.75, 3.05) is 18.2 Å². The van der Waals surface area contributed by atoms with Gasteiger partial charge in [0, 0.05) is 5.56 Å². The van der Waals surface area contributed by atoms with Gasteiger partial charge in [-0.1, -0.05) is 35.2 Å². The Balaban J connectivity index is 1.42.